The van der Waals surface area contributed by atoms with E-state index in [1.807, 2.05) is 6.07 Å². The Labute approximate surface area is 234 Å². The number of fused-ring (bicyclic) bond motifs is 1. The number of hydrogen-bond donors (Lipinski definition) is 3. The standard InChI is InChI=1S/C26H33F2N3O3.C2HF3O2/c1-16(2)31-10-9-26(17-5-6-22(33-3)23(11-17)34-4)8-7-20(15-24(26)31)29-25(32)30-21-13-18(27)12-19(28)14-21;3-2(4,5)1(6)7/h5-6,11-14,16,20,24H,7-10,15H2,1-4H3,(H2,29,30,32);(H,6,7)/t20-,24+,26+;/m1./s1. The van der Waals surface area contributed by atoms with Crippen molar-refractivity contribution in [3.63, 3.8) is 0 Å². The molecule has 41 heavy (non-hydrogen) atoms. The fourth-order valence-electron chi connectivity index (χ4n) is 5.79. The molecule has 3 atom stereocenters. The molecule has 2 fully saturated rings. The number of carboxylic acids is 1. The van der Waals surface area contributed by atoms with E-state index in [4.69, 9.17) is 19.4 Å². The fourth-order valence-corrected chi connectivity index (χ4v) is 5.79. The lowest BCUT2D eigenvalue weighted by atomic mass is 9.65. The van der Waals surface area contributed by atoms with Crippen LogP contribution in [0.1, 0.15) is 45.1 Å². The minimum absolute atomic E-state index is 0.0375. The van der Waals surface area contributed by atoms with Gasteiger partial charge in [-0.15, -0.1) is 0 Å². The first-order valence-corrected chi connectivity index (χ1v) is 13.0. The average Bonchev–Trinajstić information content (AvgIpc) is 3.27. The van der Waals surface area contributed by atoms with E-state index in [1.54, 1.807) is 14.2 Å². The van der Waals surface area contributed by atoms with E-state index in [0.29, 0.717) is 11.8 Å². The van der Waals surface area contributed by atoms with E-state index in [1.165, 1.54) is 5.56 Å². The van der Waals surface area contributed by atoms with Crippen LogP contribution < -0.4 is 20.1 Å². The van der Waals surface area contributed by atoms with Gasteiger partial charge in [0.2, 0.25) is 0 Å². The van der Waals surface area contributed by atoms with Crippen molar-refractivity contribution < 1.29 is 46.1 Å². The van der Waals surface area contributed by atoms with E-state index < -0.39 is 29.8 Å². The SMILES string of the molecule is COc1ccc([C@@]23CC[C@@H](NC(=O)Nc4cc(F)cc(F)c4)C[C@@H]2N(C(C)C)CC3)cc1OC.O=C(O)C(F)(F)F. The highest BCUT2D eigenvalue weighted by molar-refractivity contribution is 5.89. The van der Waals surface area contributed by atoms with Gasteiger partial charge in [0.25, 0.3) is 0 Å². The Bertz CT molecular complexity index is 1220. The number of nitrogens with one attached hydrogen (secondary N) is 2. The summed E-state index contributed by atoms with van der Waals surface area (Å²) in [4.78, 5) is 24.0. The van der Waals surface area contributed by atoms with Gasteiger partial charge in [0.15, 0.2) is 11.5 Å². The Hall–Kier alpha value is -3.61. The van der Waals surface area contributed by atoms with Crippen LogP contribution in [0.3, 0.4) is 0 Å². The summed E-state index contributed by atoms with van der Waals surface area (Å²) in [5.74, 6) is -2.79. The Kier molecular flexibility index (Phi) is 10.1. The first-order chi connectivity index (χ1) is 19.2. The molecule has 0 aromatic heterocycles. The van der Waals surface area contributed by atoms with Crippen LogP contribution in [0.4, 0.5) is 32.4 Å². The molecule has 4 rings (SSSR count). The quantitative estimate of drug-likeness (QED) is 0.375. The number of anilines is 1. The number of carboxylic acid groups (broad SMARTS) is 1. The van der Waals surface area contributed by atoms with Gasteiger partial charge in [0.05, 0.1) is 14.2 Å². The summed E-state index contributed by atoms with van der Waals surface area (Å²) in [7, 11) is 3.28. The molecular formula is C28H34F5N3O5. The largest absolute Gasteiger partial charge is 0.493 e. The number of urea groups is 1. The highest BCUT2D eigenvalue weighted by Gasteiger charge is 2.52. The summed E-state index contributed by atoms with van der Waals surface area (Å²) in [6, 6.07) is 9.29. The third kappa shape index (κ3) is 7.57. The lowest BCUT2D eigenvalue weighted by Gasteiger charge is -2.46. The molecule has 0 radical (unpaired) electrons. The van der Waals surface area contributed by atoms with Crippen LogP contribution in [0.25, 0.3) is 0 Å². The van der Waals surface area contributed by atoms with E-state index >= 15 is 0 Å². The highest BCUT2D eigenvalue weighted by atomic mass is 19.4. The second-order valence-electron chi connectivity index (χ2n) is 10.4. The molecule has 0 bridgehead atoms. The number of benzene rings is 2. The molecular weight excluding hydrogens is 553 g/mol. The summed E-state index contributed by atoms with van der Waals surface area (Å²) in [6.07, 6.45) is -1.54. The van der Waals surface area contributed by atoms with Gasteiger partial charge in [-0.3, -0.25) is 4.90 Å². The van der Waals surface area contributed by atoms with Crippen LogP contribution >= 0.6 is 0 Å². The topological polar surface area (TPSA) is 100 Å². The molecule has 2 aromatic carbocycles. The molecule has 1 aliphatic carbocycles. The van der Waals surface area contributed by atoms with Crippen LogP contribution in [0.15, 0.2) is 36.4 Å². The number of nitrogens with zero attached hydrogens (tertiary/aromatic N) is 1. The van der Waals surface area contributed by atoms with Crippen LogP contribution in [0, 0.1) is 11.6 Å². The maximum Gasteiger partial charge on any atom is 0.490 e. The van der Waals surface area contributed by atoms with Gasteiger partial charge >= 0.3 is 18.2 Å². The van der Waals surface area contributed by atoms with E-state index in [-0.39, 0.29) is 23.2 Å². The number of likely N-dealkylation sites (tertiary alicyclic amines) is 1. The van der Waals surface area contributed by atoms with Crippen molar-refractivity contribution in [3.8, 4) is 11.5 Å². The van der Waals surface area contributed by atoms with Crippen LogP contribution in [-0.2, 0) is 10.2 Å². The maximum absolute atomic E-state index is 13.5. The van der Waals surface area contributed by atoms with E-state index in [9.17, 15) is 26.7 Å². The van der Waals surface area contributed by atoms with Gasteiger partial charge in [0, 0.05) is 35.3 Å². The number of aliphatic carboxylic acids is 1. The number of amides is 2. The molecule has 1 saturated carbocycles. The van der Waals surface area contributed by atoms with Gasteiger partial charge in [0.1, 0.15) is 11.6 Å². The zero-order valence-corrected chi connectivity index (χ0v) is 23.1. The second kappa shape index (κ2) is 12.9. The predicted molar refractivity (Wildman–Crippen MR) is 141 cm³/mol. The van der Waals surface area contributed by atoms with E-state index in [2.05, 4.69) is 41.5 Å². The summed E-state index contributed by atoms with van der Waals surface area (Å²) in [6.45, 7) is 5.39. The Balaban J connectivity index is 0.000000587. The zero-order valence-electron chi connectivity index (χ0n) is 23.1. The number of halogens is 5. The lowest BCUT2D eigenvalue weighted by molar-refractivity contribution is -0.192. The van der Waals surface area contributed by atoms with Crippen molar-refractivity contribution in [2.75, 3.05) is 26.1 Å². The lowest BCUT2D eigenvalue weighted by Crippen LogP contribution is -2.54. The monoisotopic (exact) mass is 587 g/mol. The Morgan fingerprint density at radius 3 is 2.17 bits per heavy atom. The molecule has 8 nitrogen and oxygen atoms in total. The minimum Gasteiger partial charge on any atom is -0.493 e. The fraction of sp³-hybridized carbons (Fsp3) is 0.500. The Morgan fingerprint density at radius 2 is 1.63 bits per heavy atom. The van der Waals surface area contributed by atoms with Gasteiger partial charge in [-0.05, 0) is 75.9 Å². The van der Waals surface area contributed by atoms with Crippen LogP contribution in [0.2, 0.25) is 0 Å². The van der Waals surface area contributed by atoms with Crippen molar-refractivity contribution in [2.45, 2.75) is 69.2 Å². The van der Waals surface area contributed by atoms with Gasteiger partial charge in [-0.1, -0.05) is 6.07 Å². The number of rotatable bonds is 6. The third-order valence-electron chi connectivity index (χ3n) is 7.62. The number of carbonyl (C=O) groups excluding carboxylic acids is 1. The summed E-state index contributed by atoms with van der Waals surface area (Å²) < 4.78 is 69.7. The number of hydrogen-bond acceptors (Lipinski definition) is 5. The summed E-state index contributed by atoms with van der Waals surface area (Å²) >= 11 is 0. The van der Waals surface area contributed by atoms with Crippen molar-refractivity contribution in [3.05, 3.63) is 53.6 Å². The molecule has 1 aliphatic heterocycles. The molecule has 226 valence electrons. The average molecular weight is 588 g/mol. The van der Waals surface area contributed by atoms with Gasteiger partial charge in [-0.25, -0.2) is 18.4 Å². The van der Waals surface area contributed by atoms with Gasteiger partial charge in [-0.2, -0.15) is 13.2 Å². The highest BCUT2D eigenvalue weighted by Crippen LogP contribution is 2.50. The first kappa shape index (κ1) is 31.9. The van der Waals surface area contributed by atoms with Crippen molar-refractivity contribution >= 4 is 17.7 Å². The zero-order chi connectivity index (χ0) is 30.5. The smallest absolute Gasteiger partial charge is 0.490 e. The van der Waals surface area contributed by atoms with Gasteiger partial charge < -0.3 is 25.2 Å². The third-order valence-corrected chi connectivity index (χ3v) is 7.62. The molecule has 3 N–H and O–H groups in total. The molecule has 0 unspecified atom stereocenters. The molecule has 2 aromatic rings. The number of alkyl halides is 3. The first-order valence-electron chi connectivity index (χ1n) is 13.0. The minimum atomic E-state index is -5.08. The summed E-state index contributed by atoms with van der Waals surface area (Å²) in [5.41, 5.74) is 1.29. The molecule has 0 spiro atoms. The van der Waals surface area contributed by atoms with Crippen molar-refractivity contribution in [1.82, 2.24) is 10.2 Å². The summed E-state index contributed by atoms with van der Waals surface area (Å²) in [5, 5.41) is 12.7. The van der Waals surface area contributed by atoms with Crippen molar-refractivity contribution in [1.29, 1.82) is 0 Å². The molecule has 2 aliphatic rings. The normalized spacial score (nSPS) is 22.3. The van der Waals surface area contributed by atoms with Crippen molar-refractivity contribution in [2.24, 2.45) is 0 Å². The van der Waals surface area contributed by atoms with Crippen LogP contribution in [0.5, 0.6) is 11.5 Å². The molecule has 1 saturated heterocycles. The second-order valence-corrected chi connectivity index (χ2v) is 10.4. The molecule has 2 amide bonds. The predicted octanol–water partition coefficient (Wildman–Crippen LogP) is 5.71. The number of carbonyl (C=O) groups is 2. The number of ether oxygens (including phenoxy) is 2. The molecule has 13 heteroatoms. The molecule has 1 heterocycles. The Morgan fingerprint density at radius 1 is 1.02 bits per heavy atom. The van der Waals surface area contributed by atoms with E-state index in [0.717, 1.165) is 56.2 Å². The number of methoxy groups -OCH3 is 2. The van der Waals surface area contributed by atoms with Crippen LogP contribution in [-0.4, -0.2) is 67.1 Å². The maximum atomic E-state index is 13.5.